The number of carboxylic acid groups (broad SMARTS) is 1. The Morgan fingerprint density at radius 2 is 1.74 bits per heavy atom. The highest BCUT2D eigenvalue weighted by atomic mass is 16.4. The van der Waals surface area contributed by atoms with Crippen LogP contribution in [0.25, 0.3) is 0 Å². The number of carboxylic acids is 1. The fourth-order valence-corrected chi connectivity index (χ4v) is 2.03. The average Bonchev–Trinajstić information content (AvgIpc) is 2.96. The summed E-state index contributed by atoms with van der Waals surface area (Å²) in [5.74, 6) is -3.16. The summed E-state index contributed by atoms with van der Waals surface area (Å²) in [5, 5.41) is 17.6. The second kappa shape index (κ2) is 6.74. The minimum absolute atomic E-state index is 0.00525. The minimum atomic E-state index is -1.56. The monoisotopic (exact) mass is 313 g/mol. The van der Waals surface area contributed by atoms with Crippen molar-refractivity contribution in [2.24, 2.45) is 0 Å². The van der Waals surface area contributed by atoms with Crippen molar-refractivity contribution >= 4 is 17.5 Å². The standard InChI is InChI=1S/C17H15NO5/c1-10(19)12-4-2-11(3-5-12)6-14-7-13(9-18-14)15(20)8-16(21)17(22)23/h2-5,7-9,18,21H,6H2,1H3,(H,22,23). The van der Waals surface area contributed by atoms with Gasteiger partial charge in [-0.15, -0.1) is 0 Å². The molecule has 0 aliphatic rings. The van der Waals surface area contributed by atoms with E-state index in [9.17, 15) is 14.4 Å². The van der Waals surface area contributed by atoms with E-state index >= 15 is 0 Å². The van der Waals surface area contributed by atoms with E-state index < -0.39 is 17.5 Å². The van der Waals surface area contributed by atoms with Gasteiger partial charge in [0, 0.05) is 35.5 Å². The third-order valence-electron chi connectivity index (χ3n) is 3.27. The highest BCUT2D eigenvalue weighted by molar-refractivity contribution is 6.07. The molecule has 118 valence electrons. The molecule has 0 fully saturated rings. The maximum absolute atomic E-state index is 11.8. The van der Waals surface area contributed by atoms with E-state index in [4.69, 9.17) is 10.2 Å². The lowest BCUT2D eigenvalue weighted by atomic mass is 10.1. The molecule has 0 radical (unpaired) electrons. The molecule has 2 aromatic rings. The molecular formula is C17H15NO5. The van der Waals surface area contributed by atoms with E-state index in [1.54, 1.807) is 18.2 Å². The van der Waals surface area contributed by atoms with Crippen LogP contribution in [0, 0.1) is 0 Å². The van der Waals surface area contributed by atoms with Crippen molar-refractivity contribution in [3.63, 3.8) is 0 Å². The number of aliphatic carboxylic acids is 1. The summed E-state index contributed by atoms with van der Waals surface area (Å²) in [7, 11) is 0. The number of benzene rings is 1. The van der Waals surface area contributed by atoms with E-state index in [0.29, 0.717) is 18.1 Å². The molecule has 0 atom stereocenters. The Hall–Kier alpha value is -3.15. The Morgan fingerprint density at radius 1 is 1.09 bits per heavy atom. The summed E-state index contributed by atoms with van der Waals surface area (Å²) < 4.78 is 0. The van der Waals surface area contributed by atoms with Gasteiger partial charge in [0.2, 0.25) is 5.76 Å². The molecule has 23 heavy (non-hydrogen) atoms. The molecule has 1 heterocycles. The van der Waals surface area contributed by atoms with Crippen LogP contribution in [0.3, 0.4) is 0 Å². The topological polar surface area (TPSA) is 107 Å². The maximum atomic E-state index is 11.8. The number of carbonyl (C=O) groups excluding carboxylic acids is 2. The maximum Gasteiger partial charge on any atom is 0.371 e. The molecule has 3 N–H and O–H groups in total. The first-order valence-corrected chi connectivity index (χ1v) is 6.82. The zero-order valence-corrected chi connectivity index (χ0v) is 12.4. The predicted molar refractivity (Wildman–Crippen MR) is 82.7 cm³/mol. The van der Waals surface area contributed by atoms with Gasteiger partial charge in [-0.05, 0) is 18.6 Å². The third-order valence-corrected chi connectivity index (χ3v) is 3.27. The van der Waals surface area contributed by atoms with Crippen LogP contribution in [-0.4, -0.2) is 32.7 Å². The van der Waals surface area contributed by atoms with Gasteiger partial charge in [-0.25, -0.2) is 4.79 Å². The normalized spacial score (nSPS) is 11.3. The van der Waals surface area contributed by atoms with Crippen LogP contribution in [0.5, 0.6) is 0 Å². The van der Waals surface area contributed by atoms with Gasteiger partial charge in [0.25, 0.3) is 0 Å². The number of rotatable bonds is 6. The Balaban J connectivity index is 2.10. The molecule has 0 unspecified atom stereocenters. The molecule has 0 spiro atoms. The highest BCUT2D eigenvalue weighted by Gasteiger charge is 2.11. The van der Waals surface area contributed by atoms with Gasteiger partial charge < -0.3 is 15.2 Å². The second-order valence-electron chi connectivity index (χ2n) is 5.04. The molecule has 2 rings (SSSR count). The molecule has 1 aromatic heterocycles. The first-order chi connectivity index (χ1) is 10.9. The highest BCUT2D eigenvalue weighted by Crippen LogP contribution is 2.13. The van der Waals surface area contributed by atoms with Crippen LogP contribution < -0.4 is 0 Å². The van der Waals surface area contributed by atoms with Gasteiger partial charge in [0.15, 0.2) is 11.6 Å². The van der Waals surface area contributed by atoms with Crippen molar-refractivity contribution in [3.8, 4) is 0 Å². The predicted octanol–water partition coefficient (Wildman–Crippen LogP) is 2.52. The fourth-order valence-electron chi connectivity index (χ4n) is 2.03. The Labute approximate surface area is 132 Å². The molecule has 6 heteroatoms. The van der Waals surface area contributed by atoms with Gasteiger partial charge in [-0.3, -0.25) is 9.59 Å². The summed E-state index contributed by atoms with van der Waals surface area (Å²) in [6.07, 6.45) is 2.64. The number of carbonyl (C=O) groups is 3. The van der Waals surface area contributed by atoms with Crippen molar-refractivity contribution in [2.75, 3.05) is 0 Å². The molecule has 0 saturated heterocycles. The van der Waals surface area contributed by atoms with Crippen LogP contribution in [0.2, 0.25) is 0 Å². The van der Waals surface area contributed by atoms with E-state index in [0.717, 1.165) is 11.3 Å². The number of Topliss-reactive ketones (excluding diaryl/α,β-unsaturated/α-hetero) is 1. The van der Waals surface area contributed by atoms with E-state index in [-0.39, 0.29) is 11.3 Å². The number of hydrogen-bond acceptors (Lipinski definition) is 4. The van der Waals surface area contributed by atoms with E-state index in [1.807, 2.05) is 12.1 Å². The summed E-state index contributed by atoms with van der Waals surface area (Å²) in [6, 6.07) is 8.72. The van der Waals surface area contributed by atoms with E-state index in [2.05, 4.69) is 4.98 Å². The Kier molecular flexibility index (Phi) is 4.75. The van der Waals surface area contributed by atoms with Gasteiger partial charge in [-0.2, -0.15) is 0 Å². The lowest BCUT2D eigenvalue weighted by Gasteiger charge is -2.00. The zero-order chi connectivity index (χ0) is 17.0. The number of aliphatic hydroxyl groups is 1. The molecule has 6 nitrogen and oxygen atoms in total. The lowest BCUT2D eigenvalue weighted by Crippen LogP contribution is -2.03. The second-order valence-corrected chi connectivity index (χ2v) is 5.04. The molecule has 0 amide bonds. The van der Waals surface area contributed by atoms with Crippen molar-refractivity contribution in [2.45, 2.75) is 13.3 Å². The number of aliphatic hydroxyl groups excluding tert-OH is 1. The number of aromatic nitrogens is 1. The fraction of sp³-hybridized carbons (Fsp3) is 0.118. The summed E-state index contributed by atoms with van der Waals surface area (Å²) in [6.45, 7) is 1.50. The number of H-pyrrole nitrogens is 1. The van der Waals surface area contributed by atoms with Crippen molar-refractivity contribution in [1.29, 1.82) is 0 Å². The zero-order valence-electron chi connectivity index (χ0n) is 12.4. The van der Waals surface area contributed by atoms with Crippen LogP contribution in [0.1, 0.15) is 38.9 Å². The van der Waals surface area contributed by atoms with Crippen molar-refractivity contribution < 1.29 is 24.6 Å². The summed E-state index contributed by atoms with van der Waals surface area (Å²) in [5.41, 5.74) is 2.60. The summed E-state index contributed by atoms with van der Waals surface area (Å²) in [4.78, 5) is 36.4. The Morgan fingerprint density at radius 3 is 2.30 bits per heavy atom. The molecule has 0 aliphatic carbocycles. The first kappa shape index (κ1) is 16.2. The smallest absolute Gasteiger partial charge is 0.371 e. The number of ketones is 2. The summed E-state index contributed by atoms with van der Waals surface area (Å²) >= 11 is 0. The van der Waals surface area contributed by atoms with Crippen LogP contribution in [0.15, 0.2) is 48.4 Å². The largest absolute Gasteiger partial charge is 0.502 e. The van der Waals surface area contributed by atoms with Crippen LogP contribution >= 0.6 is 0 Å². The van der Waals surface area contributed by atoms with Gasteiger partial charge in [-0.1, -0.05) is 24.3 Å². The molecular weight excluding hydrogens is 298 g/mol. The van der Waals surface area contributed by atoms with Crippen molar-refractivity contribution in [3.05, 3.63) is 70.7 Å². The average molecular weight is 313 g/mol. The molecule has 0 bridgehead atoms. The molecule has 1 aromatic carbocycles. The molecule has 0 saturated carbocycles. The van der Waals surface area contributed by atoms with Gasteiger partial charge >= 0.3 is 5.97 Å². The number of hydrogen-bond donors (Lipinski definition) is 3. The third kappa shape index (κ3) is 4.16. The quantitative estimate of drug-likeness (QED) is 0.431. The van der Waals surface area contributed by atoms with Crippen LogP contribution in [-0.2, 0) is 11.2 Å². The Bertz CT molecular complexity index is 784. The number of allylic oxidation sites excluding steroid dienone is 1. The lowest BCUT2D eigenvalue weighted by molar-refractivity contribution is -0.135. The van der Waals surface area contributed by atoms with Gasteiger partial charge in [0.1, 0.15) is 0 Å². The van der Waals surface area contributed by atoms with Crippen molar-refractivity contribution in [1.82, 2.24) is 4.98 Å². The van der Waals surface area contributed by atoms with Gasteiger partial charge in [0.05, 0.1) is 0 Å². The first-order valence-electron chi connectivity index (χ1n) is 6.82. The number of nitrogens with one attached hydrogen (secondary N) is 1. The SMILES string of the molecule is CC(=O)c1ccc(Cc2cc(C(=O)C=C(O)C(=O)O)c[nH]2)cc1. The van der Waals surface area contributed by atoms with Crippen LogP contribution in [0.4, 0.5) is 0 Å². The van der Waals surface area contributed by atoms with E-state index in [1.165, 1.54) is 13.1 Å². The number of aromatic amines is 1. The minimum Gasteiger partial charge on any atom is -0.502 e. The molecule has 0 aliphatic heterocycles.